The molecule has 1 N–H and O–H groups in total. The van der Waals surface area contributed by atoms with E-state index in [9.17, 15) is 8.42 Å². The van der Waals surface area contributed by atoms with Gasteiger partial charge in [0.05, 0.1) is 28.8 Å². The van der Waals surface area contributed by atoms with Crippen LogP contribution in [0, 0.1) is 0 Å². The van der Waals surface area contributed by atoms with Crippen molar-refractivity contribution < 1.29 is 13.2 Å². The summed E-state index contributed by atoms with van der Waals surface area (Å²) in [5.41, 5.74) is 2.63. The SMILES string of the molecule is O=S(=O)(c1ccc(-c2[nH]c3c(c2Sc2ccc(Cl)cn2)=CCCN=3)cc1)N1CCOCC1. The molecule has 7 nitrogen and oxygen atoms in total. The maximum Gasteiger partial charge on any atom is 0.243 e. The molecular formula is C22H21ClN4O3S2. The molecule has 0 atom stereocenters. The molecule has 0 unspecified atom stereocenters. The van der Waals surface area contributed by atoms with Gasteiger partial charge < -0.3 is 9.72 Å². The quantitative estimate of drug-likeness (QED) is 0.596. The summed E-state index contributed by atoms with van der Waals surface area (Å²) in [6, 6.07) is 10.7. The van der Waals surface area contributed by atoms with Crippen molar-refractivity contribution in [2.24, 2.45) is 4.99 Å². The minimum Gasteiger partial charge on any atom is -0.379 e. The number of H-pyrrole nitrogens is 1. The number of rotatable bonds is 5. The highest BCUT2D eigenvalue weighted by atomic mass is 35.5. The Hall–Kier alpha value is -2.17. The number of aromatic amines is 1. The molecule has 5 rings (SSSR count). The lowest BCUT2D eigenvalue weighted by Gasteiger charge is -2.26. The third-order valence-corrected chi connectivity index (χ3v) is 8.59. The molecule has 10 heteroatoms. The summed E-state index contributed by atoms with van der Waals surface area (Å²) in [5.74, 6) is 0. The van der Waals surface area contributed by atoms with Gasteiger partial charge in [-0.25, -0.2) is 13.4 Å². The largest absolute Gasteiger partial charge is 0.379 e. The minimum atomic E-state index is -3.54. The van der Waals surface area contributed by atoms with E-state index in [0.29, 0.717) is 31.3 Å². The molecule has 2 aromatic heterocycles. The molecule has 0 aliphatic carbocycles. The molecule has 4 heterocycles. The van der Waals surface area contributed by atoms with Crippen LogP contribution in [0.25, 0.3) is 17.3 Å². The summed E-state index contributed by atoms with van der Waals surface area (Å²) in [6.07, 6.45) is 4.68. The topological polar surface area (TPSA) is 87.7 Å². The van der Waals surface area contributed by atoms with Gasteiger partial charge in [0, 0.05) is 35.9 Å². The van der Waals surface area contributed by atoms with Gasteiger partial charge in [0.25, 0.3) is 0 Å². The van der Waals surface area contributed by atoms with Crippen LogP contribution in [0.2, 0.25) is 5.02 Å². The van der Waals surface area contributed by atoms with Gasteiger partial charge in [0.15, 0.2) is 0 Å². The van der Waals surface area contributed by atoms with Crippen LogP contribution in [-0.2, 0) is 14.8 Å². The number of hydrogen-bond acceptors (Lipinski definition) is 6. The Labute approximate surface area is 195 Å². The summed E-state index contributed by atoms with van der Waals surface area (Å²) in [5, 5.41) is 2.46. The second-order valence-electron chi connectivity index (χ2n) is 7.42. The van der Waals surface area contributed by atoms with Gasteiger partial charge in [0.2, 0.25) is 10.0 Å². The number of sulfonamides is 1. The van der Waals surface area contributed by atoms with Crippen molar-refractivity contribution in [1.29, 1.82) is 0 Å². The Kier molecular flexibility index (Phi) is 6.09. The molecule has 32 heavy (non-hydrogen) atoms. The summed E-state index contributed by atoms with van der Waals surface area (Å²) in [4.78, 5) is 13.8. The highest BCUT2D eigenvalue weighted by Gasteiger charge is 2.26. The molecule has 0 bridgehead atoms. The number of hydrogen-bond donors (Lipinski definition) is 1. The maximum atomic E-state index is 12.9. The highest BCUT2D eigenvalue weighted by Crippen LogP contribution is 2.32. The Bertz CT molecular complexity index is 1350. The number of morpholine rings is 1. The monoisotopic (exact) mass is 488 g/mol. The van der Waals surface area contributed by atoms with Crippen molar-refractivity contribution in [3.05, 3.63) is 58.3 Å². The van der Waals surface area contributed by atoms with E-state index < -0.39 is 10.0 Å². The van der Waals surface area contributed by atoms with Gasteiger partial charge in [-0.1, -0.05) is 41.6 Å². The molecular weight excluding hydrogens is 468 g/mol. The molecule has 0 radical (unpaired) electrons. The molecule has 3 aromatic rings. The Morgan fingerprint density at radius 3 is 2.59 bits per heavy atom. The lowest BCUT2D eigenvalue weighted by molar-refractivity contribution is 0.0730. The van der Waals surface area contributed by atoms with Crippen molar-refractivity contribution in [2.45, 2.75) is 21.2 Å². The highest BCUT2D eigenvalue weighted by molar-refractivity contribution is 7.99. The molecule has 0 amide bonds. The number of nitrogens with zero attached hydrogens (tertiary/aromatic N) is 3. The number of halogens is 1. The van der Waals surface area contributed by atoms with Gasteiger partial charge in [-0.2, -0.15) is 4.31 Å². The summed E-state index contributed by atoms with van der Waals surface area (Å²) in [7, 11) is -3.54. The van der Waals surface area contributed by atoms with Gasteiger partial charge >= 0.3 is 0 Å². The fourth-order valence-corrected chi connectivity index (χ4v) is 6.28. The van der Waals surface area contributed by atoms with Crippen molar-refractivity contribution in [3.8, 4) is 11.3 Å². The van der Waals surface area contributed by atoms with Crippen molar-refractivity contribution in [2.75, 3.05) is 32.8 Å². The molecule has 166 valence electrons. The number of nitrogens with one attached hydrogen (secondary N) is 1. The molecule has 0 saturated carbocycles. The zero-order valence-corrected chi connectivity index (χ0v) is 19.5. The first-order valence-electron chi connectivity index (χ1n) is 10.3. The average Bonchev–Trinajstić information content (AvgIpc) is 3.19. The van der Waals surface area contributed by atoms with Crippen LogP contribution < -0.4 is 10.7 Å². The molecule has 1 saturated heterocycles. The van der Waals surface area contributed by atoms with Crippen molar-refractivity contribution in [3.63, 3.8) is 0 Å². The molecule has 1 fully saturated rings. The van der Waals surface area contributed by atoms with Crippen LogP contribution in [0.4, 0.5) is 0 Å². The van der Waals surface area contributed by atoms with E-state index in [1.54, 1.807) is 18.3 Å². The minimum absolute atomic E-state index is 0.282. The summed E-state index contributed by atoms with van der Waals surface area (Å²) < 4.78 is 32.6. The summed E-state index contributed by atoms with van der Waals surface area (Å²) >= 11 is 7.52. The van der Waals surface area contributed by atoms with Crippen LogP contribution in [-0.4, -0.2) is 55.5 Å². The fraction of sp³-hybridized carbons (Fsp3) is 0.273. The third-order valence-electron chi connectivity index (χ3n) is 5.38. The van der Waals surface area contributed by atoms with Crippen molar-refractivity contribution in [1.82, 2.24) is 14.3 Å². The van der Waals surface area contributed by atoms with E-state index in [2.05, 4.69) is 21.0 Å². The molecule has 1 aromatic carbocycles. The predicted octanol–water partition coefficient (Wildman–Crippen LogP) is 2.71. The van der Waals surface area contributed by atoms with E-state index in [1.165, 1.54) is 16.1 Å². The first-order chi connectivity index (χ1) is 15.5. The van der Waals surface area contributed by atoms with E-state index in [4.69, 9.17) is 16.3 Å². The van der Waals surface area contributed by atoms with E-state index in [1.807, 2.05) is 24.3 Å². The standard InChI is InChI=1S/C22H21ClN4O3S2/c23-16-5-8-19(25-14-16)31-21-18-2-1-9-24-22(18)26-20(21)15-3-6-17(7-4-15)32(28,29)27-10-12-30-13-11-27/h2-8,14H,1,9-13H2,(H,24,26). The molecule has 2 aliphatic heterocycles. The van der Waals surface area contributed by atoms with E-state index in [0.717, 1.165) is 44.9 Å². The smallest absolute Gasteiger partial charge is 0.243 e. The Balaban J connectivity index is 1.52. The van der Waals surface area contributed by atoms with Gasteiger partial charge in [-0.15, -0.1) is 0 Å². The number of benzene rings is 1. The van der Waals surface area contributed by atoms with Crippen LogP contribution in [0.15, 0.2) is 62.4 Å². The second-order valence-corrected chi connectivity index (χ2v) is 10.8. The molecule has 2 aliphatic rings. The van der Waals surface area contributed by atoms with Crippen molar-refractivity contribution >= 4 is 39.5 Å². The van der Waals surface area contributed by atoms with Crippen LogP contribution in [0.5, 0.6) is 0 Å². The van der Waals surface area contributed by atoms with E-state index >= 15 is 0 Å². The second kappa shape index (κ2) is 8.99. The van der Waals surface area contributed by atoms with Gasteiger partial charge in [-0.3, -0.25) is 4.99 Å². The van der Waals surface area contributed by atoms with Crippen LogP contribution in [0.1, 0.15) is 6.42 Å². The Morgan fingerprint density at radius 2 is 1.88 bits per heavy atom. The van der Waals surface area contributed by atoms with Crippen LogP contribution in [0.3, 0.4) is 0 Å². The average molecular weight is 489 g/mol. The van der Waals surface area contributed by atoms with Gasteiger partial charge in [0.1, 0.15) is 10.5 Å². The predicted molar refractivity (Wildman–Crippen MR) is 124 cm³/mol. The number of fused-ring (bicyclic) bond motifs is 1. The normalized spacial score (nSPS) is 16.8. The lowest BCUT2D eigenvalue weighted by atomic mass is 10.1. The van der Waals surface area contributed by atoms with E-state index in [-0.39, 0.29) is 4.90 Å². The summed E-state index contributed by atoms with van der Waals surface area (Å²) in [6.45, 7) is 2.33. The first-order valence-corrected chi connectivity index (χ1v) is 12.9. The van der Waals surface area contributed by atoms with Gasteiger partial charge in [-0.05, 0) is 36.2 Å². The Morgan fingerprint density at radius 1 is 1.09 bits per heavy atom. The lowest BCUT2D eigenvalue weighted by Crippen LogP contribution is -2.40. The maximum absolute atomic E-state index is 12.9. The molecule has 0 spiro atoms. The number of pyridine rings is 1. The zero-order chi connectivity index (χ0) is 22.1. The third kappa shape index (κ3) is 4.23. The first kappa shape index (κ1) is 21.7. The fourth-order valence-electron chi connectivity index (χ4n) is 3.75. The zero-order valence-electron chi connectivity index (χ0n) is 17.1. The number of ether oxygens (including phenoxy) is 1. The van der Waals surface area contributed by atoms with Crippen LogP contribution >= 0.6 is 23.4 Å². The number of aromatic nitrogens is 2.